The summed E-state index contributed by atoms with van der Waals surface area (Å²) in [5.74, 6) is -0.543. The molecule has 7 nitrogen and oxygen atoms in total. The molecule has 0 aromatic heterocycles. The molecule has 0 N–H and O–H groups in total. The van der Waals surface area contributed by atoms with Crippen molar-refractivity contribution in [2.45, 2.75) is 26.7 Å². The van der Waals surface area contributed by atoms with Crippen molar-refractivity contribution < 1.29 is 19.2 Å². The van der Waals surface area contributed by atoms with Gasteiger partial charge in [-0.25, -0.2) is 0 Å². The fraction of sp³-hybridized carbons (Fsp3) is 0.500. The number of imide groups is 1. The normalized spacial score (nSPS) is 16.8. The van der Waals surface area contributed by atoms with Gasteiger partial charge in [-0.1, -0.05) is 29.8 Å². The number of carbonyl (C=O) groups excluding carboxylic acids is 4. The number of rotatable bonds is 5. The Morgan fingerprint density at radius 2 is 1.61 bits per heavy atom. The van der Waals surface area contributed by atoms with Crippen molar-refractivity contribution >= 4 is 39.6 Å². The van der Waals surface area contributed by atoms with Crippen LogP contribution in [0.2, 0.25) is 0 Å². The second-order valence-corrected chi connectivity index (χ2v) is 8.33. The van der Waals surface area contributed by atoms with E-state index in [1.165, 1.54) is 4.90 Å². The fourth-order valence-corrected chi connectivity index (χ4v) is 3.92. The summed E-state index contributed by atoms with van der Waals surface area (Å²) in [6.07, 6.45) is 0.700. The quantitative estimate of drug-likeness (QED) is 0.645. The van der Waals surface area contributed by atoms with Crippen LogP contribution in [0.3, 0.4) is 0 Å². The van der Waals surface area contributed by atoms with Gasteiger partial charge in [0.15, 0.2) is 0 Å². The third kappa shape index (κ3) is 4.11. The van der Waals surface area contributed by atoms with Crippen molar-refractivity contribution in [1.82, 2.24) is 14.7 Å². The average molecular weight is 450 g/mol. The molecule has 0 atom stereocenters. The van der Waals surface area contributed by atoms with E-state index in [2.05, 4.69) is 15.9 Å². The monoisotopic (exact) mass is 449 g/mol. The van der Waals surface area contributed by atoms with Gasteiger partial charge in [-0.2, -0.15) is 0 Å². The number of hydrogen-bond donors (Lipinski definition) is 0. The molecular weight excluding hydrogens is 426 g/mol. The van der Waals surface area contributed by atoms with Crippen molar-refractivity contribution in [2.75, 3.05) is 32.7 Å². The van der Waals surface area contributed by atoms with Gasteiger partial charge >= 0.3 is 0 Å². The number of nitrogens with zero attached hydrogens (tertiary/aromatic N) is 3. The molecule has 3 rings (SSSR count). The molecule has 150 valence electrons. The van der Waals surface area contributed by atoms with Crippen molar-refractivity contribution in [2.24, 2.45) is 5.92 Å². The summed E-state index contributed by atoms with van der Waals surface area (Å²) in [6.45, 7) is 6.12. The SMILES string of the molecule is CC(C)C(=O)N1CCN(C(=O)CCCN2C(=O)c3ccc(Br)cc3C2=O)CC1. The predicted octanol–water partition coefficient (Wildman–Crippen LogP) is 2.15. The second kappa shape index (κ2) is 8.43. The van der Waals surface area contributed by atoms with Gasteiger partial charge in [0.25, 0.3) is 11.8 Å². The fourth-order valence-electron chi connectivity index (χ4n) is 3.55. The van der Waals surface area contributed by atoms with Crippen LogP contribution in [0.4, 0.5) is 0 Å². The Bertz CT molecular complexity index is 816. The Morgan fingerprint density at radius 3 is 2.25 bits per heavy atom. The van der Waals surface area contributed by atoms with Gasteiger partial charge < -0.3 is 9.80 Å². The van der Waals surface area contributed by atoms with E-state index in [-0.39, 0.29) is 42.5 Å². The number of fused-ring (bicyclic) bond motifs is 1. The largest absolute Gasteiger partial charge is 0.339 e. The van der Waals surface area contributed by atoms with E-state index in [1.54, 1.807) is 28.0 Å². The highest BCUT2D eigenvalue weighted by Crippen LogP contribution is 2.26. The summed E-state index contributed by atoms with van der Waals surface area (Å²) >= 11 is 3.31. The summed E-state index contributed by atoms with van der Waals surface area (Å²) in [5, 5.41) is 0. The Balaban J connectivity index is 1.47. The van der Waals surface area contributed by atoms with Crippen molar-refractivity contribution in [3.05, 3.63) is 33.8 Å². The zero-order valence-corrected chi connectivity index (χ0v) is 17.7. The minimum atomic E-state index is -0.311. The number of hydrogen-bond acceptors (Lipinski definition) is 4. The first-order valence-corrected chi connectivity index (χ1v) is 10.3. The average Bonchev–Trinajstić information content (AvgIpc) is 2.91. The van der Waals surface area contributed by atoms with Crippen LogP contribution in [0, 0.1) is 5.92 Å². The van der Waals surface area contributed by atoms with Crippen LogP contribution in [0.25, 0.3) is 0 Å². The van der Waals surface area contributed by atoms with E-state index < -0.39 is 0 Å². The lowest BCUT2D eigenvalue weighted by Gasteiger charge is -2.35. The first-order chi connectivity index (χ1) is 13.3. The van der Waals surface area contributed by atoms with Crippen molar-refractivity contribution in [3.63, 3.8) is 0 Å². The Kier molecular flexibility index (Phi) is 6.17. The number of benzene rings is 1. The van der Waals surface area contributed by atoms with Crippen LogP contribution in [-0.2, 0) is 9.59 Å². The maximum atomic E-state index is 12.4. The van der Waals surface area contributed by atoms with Crippen molar-refractivity contribution in [1.29, 1.82) is 0 Å². The summed E-state index contributed by atoms with van der Waals surface area (Å²) in [7, 11) is 0. The zero-order chi connectivity index (χ0) is 20.4. The maximum absolute atomic E-state index is 12.4. The van der Waals surface area contributed by atoms with Gasteiger partial charge in [-0.15, -0.1) is 0 Å². The molecule has 0 aliphatic carbocycles. The molecule has 0 saturated carbocycles. The third-order valence-corrected chi connectivity index (χ3v) is 5.64. The highest BCUT2D eigenvalue weighted by atomic mass is 79.9. The van der Waals surface area contributed by atoms with E-state index in [4.69, 9.17) is 0 Å². The first-order valence-electron chi connectivity index (χ1n) is 9.52. The van der Waals surface area contributed by atoms with Crippen LogP contribution in [-0.4, -0.2) is 71.1 Å². The standard InChI is InChI=1S/C20H24BrN3O4/c1-13(2)18(26)23-10-8-22(9-11-23)17(25)4-3-7-24-19(27)15-6-5-14(21)12-16(15)20(24)28/h5-6,12-13H,3-4,7-11H2,1-2H3. The summed E-state index contributed by atoms with van der Waals surface area (Å²) in [6, 6.07) is 5.03. The number of piperazine rings is 1. The van der Waals surface area contributed by atoms with Gasteiger partial charge in [0.05, 0.1) is 11.1 Å². The first kappa shape index (κ1) is 20.5. The van der Waals surface area contributed by atoms with Crippen LogP contribution >= 0.6 is 15.9 Å². The smallest absolute Gasteiger partial charge is 0.261 e. The second-order valence-electron chi connectivity index (χ2n) is 7.42. The summed E-state index contributed by atoms with van der Waals surface area (Å²) < 4.78 is 0.750. The Hall–Kier alpha value is -2.22. The molecule has 2 heterocycles. The zero-order valence-electron chi connectivity index (χ0n) is 16.1. The minimum Gasteiger partial charge on any atom is -0.339 e. The highest BCUT2D eigenvalue weighted by Gasteiger charge is 2.35. The highest BCUT2D eigenvalue weighted by molar-refractivity contribution is 9.10. The molecular formula is C20H24BrN3O4. The Labute approximate surface area is 172 Å². The lowest BCUT2D eigenvalue weighted by molar-refractivity contribution is -0.141. The lowest BCUT2D eigenvalue weighted by atomic mass is 10.1. The van der Waals surface area contributed by atoms with E-state index in [9.17, 15) is 19.2 Å². The number of amides is 4. The number of carbonyl (C=O) groups is 4. The van der Waals surface area contributed by atoms with Gasteiger partial charge in [-0.3, -0.25) is 24.1 Å². The molecule has 1 saturated heterocycles. The van der Waals surface area contributed by atoms with Gasteiger partial charge in [0.1, 0.15) is 0 Å². The predicted molar refractivity (Wildman–Crippen MR) is 107 cm³/mol. The van der Waals surface area contributed by atoms with E-state index in [0.717, 1.165) is 4.47 Å². The molecule has 0 spiro atoms. The summed E-state index contributed by atoms with van der Waals surface area (Å²) in [5.41, 5.74) is 0.808. The van der Waals surface area contributed by atoms with E-state index >= 15 is 0 Å². The molecule has 1 aromatic rings. The van der Waals surface area contributed by atoms with Gasteiger partial charge in [0, 0.05) is 49.5 Å². The topological polar surface area (TPSA) is 78.0 Å². The van der Waals surface area contributed by atoms with Crippen LogP contribution in [0.5, 0.6) is 0 Å². The molecule has 0 radical (unpaired) electrons. The number of halogens is 1. The molecule has 0 unspecified atom stereocenters. The third-order valence-electron chi connectivity index (χ3n) is 5.14. The molecule has 1 fully saturated rings. The van der Waals surface area contributed by atoms with Crippen LogP contribution in [0.1, 0.15) is 47.4 Å². The van der Waals surface area contributed by atoms with Crippen LogP contribution < -0.4 is 0 Å². The molecule has 8 heteroatoms. The van der Waals surface area contributed by atoms with E-state index in [1.807, 2.05) is 13.8 Å². The molecule has 1 aromatic carbocycles. The van der Waals surface area contributed by atoms with Crippen LogP contribution in [0.15, 0.2) is 22.7 Å². The molecule has 4 amide bonds. The van der Waals surface area contributed by atoms with Gasteiger partial charge in [-0.05, 0) is 24.6 Å². The molecule has 2 aliphatic heterocycles. The molecule has 28 heavy (non-hydrogen) atoms. The lowest BCUT2D eigenvalue weighted by Crippen LogP contribution is -2.51. The van der Waals surface area contributed by atoms with E-state index in [0.29, 0.717) is 43.7 Å². The molecule has 2 aliphatic rings. The molecule has 0 bridgehead atoms. The Morgan fingerprint density at radius 1 is 1.00 bits per heavy atom. The maximum Gasteiger partial charge on any atom is 0.261 e. The van der Waals surface area contributed by atoms with Crippen molar-refractivity contribution in [3.8, 4) is 0 Å². The van der Waals surface area contributed by atoms with Gasteiger partial charge in [0.2, 0.25) is 11.8 Å². The summed E-state index contributed by atoms with van der Waals surface area (Å²) in [4.78, 5) is 54.1. The minimum absolute atomic E-state index is 0.00370.